The Morgan fingerprint density at radius 3 is 2.62 bits per heavy atom. The molecule has 2 rings (SSSR count). The van der Waals surface area contributed by atoms with Gasteiger partial charge in [0.2, 0.25) is 5.91 Å². The molecule has 0 unspecified atom stereocenters. The van der Waals surface area contributed by atoms with Gasteiger partial charge in [-0.3, -0.25) is 14.7 Å². The van der Waals surface area contributed by atoms with Gasteiger partial charge in [-0.15, -0.1) is 0 Å². The molecule has 2 heterocycles. The maximum absolute atomic E-state index is 11.9. The number of aromatic amines is 1. The Morgan fingerprint density at radius 2 is 2.12 bits per heavy atom. The Hall–Kier alpha value is -1.52. The van der Waals surface area contributed by atoms with Crippen LogP contribution in [0.4, 0.5) is 0 Å². The largest absolute Gasteiger partial charge is 0.323 e. The van der Waals surface area contributed by atoms with E-state index < -0.39 is 0 Å². The van der Waals surface area contributed by atoms with Crippen LogP contribution in [0, 0.1) is 6.92 Å². The van der Waals surface area contributed by atoms with Crippen LogP contribution in [0.15, 0.2) is 4.79 Å². The first-order valence-electron chi connectivity index (χ1n) is 5.69. The van der Waals surface area contributed by atoms with Crippen molar-refractivity contribution in [1.29, 1.82) is 0 Å². The lowest BCUT2D eigenvalue weighted by atomic mass is 10.2. The van der Waals surface area contributed by atoms with Crippen LogP contribution in [0.3, 0.4) is 0 Å². The van der Waals surface area contributed by atoms with Crippen molar-refractivity contribution in [3.8, 4) is 0 Å². The second-order valence-electron chi connectivity index (χ2n) is 4.20. The van der Waals surface area contributed by atoms with Crippen LogP contribution in [0.1, 0.15) is 31.0 Å². The van der Waals surface area contributed by atoms with E-state index in [1.807, 2.05) is 13.8 Å². The summed E-state index contributed by atoms with van der Waals surface area (Å²) in [5.74, 6) is 0.136. The highest BCUT2D eigenvalue weighted by Crippen LogP contribution is 2.10. The Morgan fingerprint density at radius 1 is 1.38 bits per heavy atom. The van der Waals surface area contributed by atoms with Gasteiger partial charge in [0.25, 0.3) is 5.56 Å². The first kappa shape index (κ1) is 11.0. The minimum atomic E-state index is -0.000278. The number of amides is 1. The molecular weight excluding hydrogens is 206 g/mol. The predicted octanol–water partition coefficient (Wildman–Crippen LogP) is 0.627. The van der Waals surface area contributed by atoms with Crippen LogP contribution in [0.25, 0.3) is 0 Å². The third-order valence-electron chi connectivity index (χ3n) is 3.10. The van der Waals surface area contributed by atoms with Crippen LogP contribution >= 0.6 is 0 Å². The molecule has 0 aromatic carbocycles. The van der Waals surface area contributed by atoms with Gasteiger partial charge in [-0.2, -0.15) is 0 Å². The molecule has 0 atom stereocenters. The maximum Gasteiger partial charge on any atom is 0.271 e. The van der Waals surface area contributed by atoms with E-state index in [1.165, 1.54) is 4.68 Å². The molecule has 88 valence electrons. The van der Waals surface area contributed by atoms with E-state index in [0.717, 1.165) is 30.6 Å². The second kappa shape index (κ2) is 4.15. The maximum atomic E-state index is 11.9. The van der Waals surface area contributed by atoms with Crippen LogP contribution in [0.5, 0.6) is 0 Å². The van der Waals surface area contributed by atoms with Crippen molar-refractivity contribution in [3.63, 3.8) is 0 Å². The van der Waals surface area contributed by atoms with Crippen LogP contribution < -0.4 is 5.56 Å². The zero-order valence-corrected chi connectivity index (χ0v) is 9.75. The molecule has 0 saturated carbocycles. The van der Waals surface area contributed by atoms with E-state index in [2.05, 4.69) is 5.10 Å². The van der Waals surface area contributed by atoms with Gasteiger partial charge in [-0.1, -0.05) is 6.92 Å². The number of carbonyl (C=O) groups excluding carboxylic acids is 1. The number of carbonyl (C=O) groups is 1. The minimum absolute atomic E-state index is 0.000278. The van der Waals surface area contributed by atoms with Crippen molar-refractivity contribution >= 4 is 5.91 Å². The summed E-state index contributed by atoms with van der Waals surface area (Å²) < 4.78 is 1.53. The van der Waals surface area contributed by atoms with E-state index in [0.29, 0.717) is 13.1 Å². The highest BCUT2D eigenvalue weighted by atomic mass is 16.2. The fourth-order valence-electron chi connectivity index (χ4n) is 2.18. The Labute approximate surface area is 94.0 Å². The summed E-state index contributed by atoms with van der Waals surface area (Å²) in [4.78, 5) is 25.1. The molecule has 1 saturated heterocycles. The fourth-order valence-corrected chi connectivity index (χ4v) is 2.18. The SMILES string of the molecule is CCc1c(C)[nH]n(CN2CCCC2=O)c1=O. The topological polar surface area (TPSA) is 58.1 Å². The summed E-state index contributed by atoms with van der Waals surface area (Å²) in [6.07, 6.45) is 2.23. The minimum Gasteiger partial charge on any atom is -0.323 e. The van der Waals surface area contributed by atoms with Gasteiger partial charge >= 0.3 is 0 Å². The standard InChI is InChI=1S/C11H17N3O2/c1-3-9-8(2)12-14(11(9)16)7-13-6-4-5-10(13)15/h12H,3-7H2,1-2H3. The normalized spacial score (nSPS) is 16.1. The molecular formula is C11H17N3O2. The molecule has 1 aromatic heterocycles. The Balaban J connectivity index is 2.22. The fraction of sp³-hybridized carbons (Fsp3) is 0.636. The molecule has 16 heavy (non-hydrogen) atoms. The number of likely N-dealkylation sites (tertiary alicyclic amines) is 1. The summed E-state index contributed by atoms with van der Waals surface area (Å²) in [5.41, 5.74) is 1.71. The highest BCUT2D eigenvalue weighted by molar-refractivity contribution is 5.77. The lowest BCUT2D eigenvalue weighted by Gasteiger charge is -2.15. The Kier molecular flexibility index (Phi) is 2.85. The number of nitrogens with zero attached hydrogens (tertiary/aromatic N) is 2. The van der Waals surface area contributed by atoms with Gasteiger partial charge in [0.1, 0.15) is 6.67 Å². The lowest BCUT2D eigenvalue weighted by molar-refractivity contribution is -0.129. The molecule has 1 amide bonds. The van der Waals surface area contributed by atoms with E-state index in [9.17, 15) is 9.59 Å². The van der Waals surface area contributed by atoms with Crippen LogP contribution in [-0.2, 0) is 17.9 Å². The molecule has 0 spiro atoms. The van der Waals surface area contributed by atoms with Gasteiger partial charge in [0.15, 0.2) is 0 Å². The number of rotatable bonds is 3. The van der Waals surface area contributed by atoms with Gasteiger partial charge < -0.3 is 4.90 Å². The average Bonchev–Trinajstić information content (AvgIpc) is 2.74. The molecule has 1 N–H and O–H groups in total. The molecule has 1 fully saturated rings. The van der Waals surface area contributed by atoms with Crippen molar-refractivity contribution in [2.24, 2.45) is 0 Å². The summed E-state index contributed by atoms with van der Waals surface area (Å²) in [7, 11) is 0. The molecule has 1 aliphatic heterocycles. The summed E-state index contributed by atoms with van der Waals surface area (Å²) in [6.45, 7) is 4.97. The van der Waals surface area contributed by atoms with Crippen molar-refractivity contribution in [3.05, 3.63) is 21.6 Å². The lowest BCUT2D eigenvalue weighted by Crippen LogP contribution is -2.32. The monoisotopic (exact) mass is 223 g/mol. The van der Waals surface area contributed by atoms with Gasteiger partial charge in [-0.25, -0.2) is 4.68 Å². The molecule has 0 aliphatic carbocycles. The Bertz CT molecular complexity index is 458. The number of H-pyrrole nitrogens is 1. The molecule has 5 nitrogen and oxygen atoms in total. The van der Waals surface area contributed by atoms with Gasteiger partial charge in [-0.05, 0) is 19.8 Å². The smallest absolute Gasteiger partial charge is 0.271 e. The molecule has 0 radical (unpaired) electrons. The number of nitrogens with one attached hydrogen (secondary N) is 1. The van der Waals surface area contributed by atoms with E-state index >= 15 is 0 Å². The summed E-state index contributed by atoms with van der Waals surface area (Å²) in [5, 5.41) is 3.02. The van der Waals surface area contributed by atoms with Crippen molar-refractivity contribution in [2.75, 3.05) is 6.54 Å². The van der Waals surface area contributed by atoms with Gasteiger partial charge in [0, 0.05) is 24.2 Å². The first-order valence-corrected chi connectivity index (χ1v) is 5.69. The molecule has 0 bridgehead atoms. The third kappa shape index (κ3) is 1.77. The number of aromatic nitrogens is 2. The molecule has 1 aromatic rings. The van der Waals surface area contributed by atoms with Crippen LogP contribution in [0.2, 0.25) is 0 Å². The van der Waals surface area contributed by atoms with E-state index in [-0.39, 0.29) is 11.5 Å². The van der Waals surface area contributed by atoms with Crippen molar-refractivity contribution in [1.82, 2.24) is 14.7 Å². The summed E-state index contributed by atoms with van der Waals surface area (Å²) in [6, 6.07) is 0. The van der Waals surface area contributed by atoms with Crippen molar-refractivity contribution in [2.45, 2.75) is 39.8 Å². The van der Waals surface area contributed by atoms with E-state index in [1.54, 1.807) is 4.90 Å². The number of hydrogen-bond donors (Lipinski definition) is 1. The zero-order valence-electron chi connectivity index (χ0n) is 9.75. The highest BCUT2D eigenvalue weighted by Gasteiger charge is 2.21. The molecule has 5 heteroatoms. The number of hydrogen-bond acceptors (Lipinski definition) is 2. The third-order valence-corrected chi connectivity index (χ3v) is 3.10. The average molecular weight is 223 g/mol. The zero-order chi connectivity index (χ0) is 11.7. The van der Waals surface area contributed by atoms with Gasteiger partial charge in [0.05, 0.1) is 0 Å². The van der Waals surface area contributed by atoms with Crippen molar-refractivity contribution < 1.29 is 4.79 Å². The van der Waals surface area contributed by atoms with Crippen LogP contribution in [-0.4, -0.2) is 27.1 Å². The second-order valence-corrected chi connectivity index (χ2v) is 4.20. The molecule has 1 aliphatic rings. The first-order chi connectivity index (χ1) is 7.63. The summed E-state index contributed by atoms with van der Waals surface area (Å²) >= 11 is 0. The quantitative estimate of drug-likeness (QED) is 0.817. The van der Waals surface area contributed by atoms with E-state index in [4.69, 9.17) is 0 Å². The predicted molar refractivity (Wildman–Crippen MR) is 60.1 cm³/mol. The number of aryl methyl sites for hydroxylation is 1.